The van der Waals surface area contributed by atoms with E-state index >= 15 is 0 Å². The number of carbonyl (C=O) groups excluding carboxylic acids is 2. The van der Waals surface area contributed by atoms with Gasteiger partial charge in [0.25, 0.3) is 5.91 Å². The second-order valence-corrected chi connectivity index (χ2v) is 8.01. The molecule has 1 heterocycles. The zero-order valence-electron chi connectivity index (χ0n) is 16.0. The molecule has 0 fully saturated rings. The topological polar surface area (TPSA) is 64.6 Å². The number of amides is 1. The fourth-order valence-corrected chi connectivity index (χ4v) is 4.53. The molecule has 0 saturated carbocycles. The smallest absolute Gasteiger partial charge is 0.341 e. The maximum atomic E-state index is 12.8. The number of anilines is 1. The molecule has 5 nitrogen and oxygen atoms in total. The Morgan fingerprint density at radius 1 is 1.15 bits per heavy atom. The highest BCUT2D eigenvalue weighted by molar-refractivity contribution is 7.17. The Bertz CT molecular complexity index is 841. The molecular formula is C21H25NO4S. The van der Waals surface area contributed by atoms with Crippen LogP contribution in [0.25, 0.3) is 0 Å². The molecule has 0 unspecified atom stereocenters. The van der Waals surface area contributed by atoms with Crippen molar-refractivity contribution in [3.05, 3.63) is 45.8 Å². The summed E-state index contributed by atoms with van der Waals surface area (Å²) in [5, 5.41) is 3.52. The van der Waals surface area contributed by atoms with Gasteiger partial charge in [-0.2, -0.15) is 0 Å². The van der Waals surface area contributed by atoms with E-state index < -0.39 is 0 Å². The largest absolute Gasteiger partial charge is 0.497 e. The molecule has 2 aromatic rings. The van der Waals surface area contributed by atoms with Crippen LogP contribution < -0.4 is 10.1 Å². The summed E-state index contributed by atoms with van der Waals surface area (Å²) in [5.74, 6) is -0.00157. The standard InChI is InChI=1S/C21H25NO4S/c1-13(2)26-21(24)18-16-10-5-4-6-11-17(16)27-20(18)22-19(23)14-8-7-9-15(12-14)25-3/h7-9,12-13H,4-6,10-11H2,1-3H3,(H,22,23). The van der Waals surface area contributed by atoms with Crippen LogP contribution in [0.15, 0.2) is 24.3 Å². The average Bonchev–Trinajstić information content (AvgIpc) is 2.81. The number of hydrogen-bond donors (Lipinski definition) is 1. The number of nitrogens with one attached hydrogen (secondary N) is 1. The predicted octanol–water partition coefficient (Wildman–Crippen LogP) is 4.84. The molecule has 0 aliphatic heterocycles. The summed E-state index contributed by atoms with van der Waals surface area (Å²) in [4.78, 5) is 26.7. The van der Waals surface area contributed by atoms with Gasteiger partial charge in [0, 0.05) is 10.4 Å². The molecule has 0 spiro atoms. The first kappa shape index (κ1) is 19.4. The van der Waals surface area contributed by atoms with Crippen LogP contribution in [0.2, 0.25) is 0 Å². The lowest BCUT2D eigenvalue weighted by Crippen LogP contribution is -2.17. The summed E-state index contributed by atoms with van der Waals surface area (Å²) in [6.45, 7) is 3.66. The molecule has 1 aromatic heterocycles. The number of rotatable bonds is 5. The van der Waals surface area contributed by atoms with Crippen LogP contribution in [0, 0.1) is 0 Å². The van der Waals surface area contributed by atoms with Crippen molar-refractivity contribution in [1.82, 2.24) is 0 Å². The van der Waals surface area contributed by atoms with E-state index in [1.165, 1.54) is 16.2 Å². The summed E-state index contributed by atoms with van der Waals surface area (Å²) in [7, 11) is 1.56. The molecule has 1 N–H and O–H groups in total. The van der Waals surface area contributed by atoms with Gasteiger partial charge in [0.1, 0.15) is 10.8 Å². The third-order valence-electron chi connectivity index (χ3n) is 4.53. The summed E-state index contributed by atoms with van der Waals surface area (Å²) >= 11 is 1.50. The number of aryl methyl sites for hydroxylation is 1. The Morgan fingerprint density at radius 3 is 2.67 bits per heavy atom. The fourth-order valence-electron chi connectivity index (χ4n) is 3.26. The van der Waals surface area contributed by atoms with Gasteiger partial charge in [-0.1, -0.05) is 12.5 Å². The van der Waals surface area contributed by atoms with Gasteiger partial charge in [0.2, 0.25) is 0 Å². The van der Waals surface area contributed by atoms with Gasteiger partial charge < -0.3 is 14.8 Å². The minimum atomic E-state index is -0.356. The fraction of sp³-hybridized carbons (Fsp3) is 0.429. The molecule has 3 rings (SSSR count). The molecular weight excluding hydrogens is 362 g/mol. The predicted molar refractivity (Wildman–Crippen MR) is 107 cm³/mol. The second kappa shape index (κ2) is 8.57. The van der Waals surface area contributed by atoms with E-state index in [-0.39, 0.29) is 18.0 Å². The SMILES string of the molecule is COc1cccc(C(=O)Nc2sc3c(c2C(=O)OC(C)C)CCCCC3)c1. The van der Waals surface area contributed by atoms with Crippen molar-refractivity contribution in [2.45, 2.75) is 52.1 Å². The minimum absolute atomic E-state index is 0.208. The summed E-state index contributed by atoms with van der Waals surface area (Å²) < 4.78 is 10.7. The van der Waals surface area contributed by atoms with Crippen molar-refractivity contribution in [3.8, 4) is 5.75 Å². The summed E-state index contributed by atoms with van der Waals surface area (Å²) in [6.07, 6.45) is 4.90. The lowest BCUT2D eigenvalue weighted by Gasteiger charge is -2.12. The van der Waals surface area contributed by atoms with E-state index in [0.717, 1.165) is 37.7 Å². The number of ether oxygens (including phenoxy) is 2. The van der Waals surface area contributed by atoms with Crippen molar-refractivity contribution in [2.75, 3.05) is 12.4 Å². The van der Waals surface area contributed by atoms with E-state index in [0.29, 0.717) is 21.9 Å². The van der Waals surface area contributed by atoms with Gasteiger partial charge in [-0.3, -0.25) is 4.79 Å². The molecule has 0 atom stereocenters. The van der Waals surface area contributed by atoms with Crippen molar-refractivity contribution >= 4 is 28.2 Å². The second-order valence-electron chi connectivity index (χ2n) is 6.91. The molecule has 1 amide bonds. The Morgan fingerprint density at radius 2 is 1.93 bits per heavy atom. The van der Waals surface area contributed by atoms with Gasteiger partial charge in [-0.15, -0.1) is 11.3 Å². The first-order valence-corrected chi connectivity index (χ1v) is 10.1. The average molecular weight is 388 g/mol. The summed E-state index contributed by atoms with van der Waals surface area (Å²) in [5.41, 5.74) is 2.06. The first-order valence-electron chi connectivity index (χ1n) is 9.30. The molecule has 1 aromatic carbocycles. The van der Waals surface area contributed by atoms with Crippen LogP contribution in [0.5, 0.6) is 5.75 Å². The van der Waals surface area contributed by atoms with E-state index in [9.17, 15) is 9.59 Å². The van der Waals surface area contributed by atoms with E-state index in [4.69, 9.17) is 9.47 Å². The molecule has 0 bridgehead atoms. The van der Waals surface area contributed by atoms with Crippen LogP contribution >= 0.6 is 11.3 Å². The molecule has 27 heavy (non-hydrogen) atoms. The van der Waals surface area contributed by atoms with Crippen molar-refractivity contribution in [2.24, 2.45) is 0 Å². The molecule has 144 valence electrons. The highest BCUT2D eigenvalue weighted by Gasteiger charge is 2.27. The Kier molecular flexibility index (Phi) is 6.16. The Labute approximate surface area is 163 Å². The van der Waals surface area contributed by atoms with Crippen LogP contribution in [-0.2, 0) is 17.6 Å². The Balaban J connectivity index is 1.93. The van der Waals surface area contributed by atoms with Crippen molar-refractivity contribution < 1.29 is 19.1 Å². The van der Waals surface area contributed by atoms with Crippen LogP contribution in [-0.4, -0.2) is 25.1 Å². The molecule has 1 aliphatic carbocycles. The maximum absolute atomic E-state index is 12.8. The highest BCUT2D eigenvalue weighted by atomic mass is 32.1. The van der Waals surface area contributed by atoms with Crippen molar-refractivity contribution in [3.63, 3.8) is 0 Å². The molecule has 0 saturated heterocycles. The van der Waals surface area contributed by atoms with Crippen LogP contribution in [0.1, 0.15) is 64.3 Å². The number of thiophene rings is 1. The number of esters is 1. The van der Waals surface area contributed by atoms with Gasteiger partial charge >= 0.3 is 5.97 Å². The van der Waals surface area contributed by atoms with Crippen LogP contribution in [0.4, 0.5) is 5.00 Å². The van der Waals surface area contributed by atoms with Gasteiger partial charge in [-0.05, 0) is 63.3 Å². The van der Waals surface area contributed by atoms with Gasteiger partial charge in [0.15, 0.2) is 0 Å². The van der Waals surface area contributed by atoms with Gasteiger partial charge in [0.05, 0.1) is 18.8 Å². The van der Waals surface area contributed by atoms with Crippen molar-refractivity contribution in [1.29, 1.82) is 0 Å². The number of benzene rings is 1. The molecule has 0 radical (unpaired) electrons. The number of methoxy groups -OCH3 is 1. The van der Waals surface area contributed by atoms with Gasteiger partial charge in [-0.25, -0.2) is 4.79 Å². The monoisotopic (exact) mass is 387 g/mol. The maximum Gasteiger partial charge on any atom is 0.341 e. The van der Waals surface area contributed by atoms with E-state index in [1.54, 1.807) is 31.4 Å². The Hall–Kier alpha value is -2.34. The zero-order chi connectivity index (χ0) is 19.4. The molecule has 6 heteroatoms. The number of fused-ring (bicyclic) bond motifs is 1. The number of hydrogen-bond acceptors (Lipinski definition) is 5. The zero-order valence-corrected chi connectivity index (χ0v) is 16.8. The summed E-state index contributed by atoms with van der Waals surface area (Å²) in [6, 6.07) is 6.96. The third-order valence-corrected chi connectivity index (χ3v) is 5.73. The van der Waals surface area contributed by atoms with E-state index in [2.05, 4.69) is 5.32 Å². The lowest BCUT2D eigenvalue weighted by atomic mass is 10.1. The lowest BCUT2D eigenvalue weighted by molar-refractivity contribution is 0.0378. The minimum Gasteiger partial charge on any atom is -0.497 e. The quantitative estimate of drug-likeness (QED) is 0.589. The normalized spacial score (nSPS) is 13.6. The van der Waals surface area contributed by atoms with Crippen LogP contribution in [0.3, 0.4) is 0 Å². The first-order chi connectivity index (χ1) is 13.0. The number of carbonyl (C=O) groups is 2. The highest BCUT2D eigenvalue weighted by Crippen LogP contribution is 2.38. The van der Waals surface area contributed by atoms with E-state index in [1.807, 2.05) is 13.8 Å². The third kappa shape index (κ3) is 4.50. The molecule has 1 aliphatic rings.